The Kier molecular flexibility index (Phi) is 41.6. The molecular formula is C54H92NO7+. The zero-order valence-electron chi connectivity index (χ0n) is 40.3. The molecule has 0 heterocycles. The number of ether oxygens (including phenoxy) is 3. The van der Waals surface area contributed by atoms with E-state index in [1.807, 2.05) is 33.3 Å². The third kappa shape index (κ3) is 41.8. The second-order valence-corrected chi connectivity index (χ2v) is 17.3. The molecular weight excluding hydrogens is 775 g/mol. The van der Waals surface area contributed by atoms with Crippen molar-refractivity contribution in [1.82, 2.24) is 0 Å². The molecule has 0 aliphatic carbocycles. The fraction of sp³-hybridized carbons (Fsp3) is 0.685. The zero-order valence-corrected chi connectivity index (χ0v) is 40.3. The van der Waals surface area contributed by atoms with Crippen molar-refractivity contribution in [3.8, 4) is 0 Å². The molecule has 0 aliphatic heterocycles. The fourth-order valence-electron chi connectivity index (χ4n) is 6.76. The molecule has 0 aromatic carbocycles. The molecule has 8 heteroatoms. The van der Waals surface area contributed by atoms with E-state index in [9.17, 15) is 19.5 Å². The number of hydrogen-bond donors (Lipinski definition) is 1. The third-order valence-electron chi connectivity index (χ3n) is 10.5. The lowest BCUT2D eigenvalue weighted by atomic mass is 10.1. The van der Waals surface area contributed by atoms with Crippen LogP contribution in [0.15, 0.2) is 85.1 Å². The lowest BCUT2D eigenvalue weighted by Crippen LogP contribution is -2.50. The monoisotopic (exact) mass is 867 g/mol. The van der Waals surface area contributed by atoms with Gasteiger partial charge in [0.25, 0.3) is 0 Å². The fourth-order valence-corrected chi connectivity index (χ4v) is 6.76. The summed E-state index contributed by atoms with van der Waals surface area (Å²) in [5.74, 6) is -1.59. The van der Waals surface area contributed by atoms with Crippen LogP contribution in [-0.2, 0) is 28.6 Å². The topological polar surface area (TPSA) is 99.1 Å². The average molecular weight is 867 g/mol. The summed E-state index contributed by atoms with van der Waals surface area (Å²) in [4.78, 5) is 37.1. The van der Waals surface area contributed by atoms with Crippen LogP contribution in [0.4, 0.5) is 0 Å². The number of nitrogens with zero attached hydrogens (tertiary/aromatic N) is 1. The van der Waals surface area contributed by atoms with Gasteiger partial charge in [-0.2, -0.15) is 0 Å². The highest BCUT2D eigenvalue weighted by molar-refractivity contribution is 5.72. The summed E-state index contributed by atoms with van der Waals surface area (Å²) in [5, 5.41) is 9.64. The number of carbonyl (C=O) groups excluding carboxylic acids is 2. The number of aliphatic carboxylic acids is 1. The van der Waals surface area contributed by atoms with E-state index in [0.717, 1.165) is 70.6 Å². The summed E-state index contributed by atoms with van der Waals surface area (Å²) >= 11 is 0. The van der Waals surface area contributed by atoms with Crippen molar-refractivity contribution >= 4 is 17.9 Å². The van der Waals surface area contributed by atoms with E-state index in [0.29, 0.717) is 19.3 Å². The molecule has 354 valence electrons. The maximum Gasteiger partial charge on any atom is 0.362 e. The molecule has 1 N–H and O–H groups in total. The number of allylic oxidation sites excluding steroid dienone is 14. The molecule has 2 unspecified atom stereocenters. The molecule has 0 aliphatic rings. The Morgan fingerprint density at radius 2 is 0.935 bits per heavy atom. The number of hydrogen-bond acceptors (Lipinski definition) is 6. The highest BCUT2D eigenvalue weighted by atomic mass is 16.6. The summed E-state index contributed by atoms with van der Waals surface area (Å²) in [6.45, 7) is 4.53. The number of likely N-dealkylation sites (N-methyl/N-ethyl adjacent to an activating group) is 1. The Balaban J connectivity index is 4.38. The lowest BCUT2D eigenvalue weighted by molar-refractivity contribution is -0.887. The summed E-state index contributed by atoms with van der Waals surface area (Å²) in [6, 6.07) is -0.631. The molecule has 0 fully saturated rings. The van der Waals surface area contributed by atoms with Gasteiger partial charge in [-0.05, 0) is 77.0 Å². The second-order valence-electron chi connectivity index (χ2n) is 17.3. The van der Waals surface area contributed by atoms with Crippen LogP contribution >= 0.6 is 0 Å². The van der Waals surface area contributed by atoms with Crippen molar-refractivity contribution in [2.24, 2.45) is 0 Å². The van der Waals surface area contributed by atoms with Gasteiger partial charge in [0, 0.05) is 19.3 Å². The summed E-state index contributed by atoms with van der Waals surface area (Å²) in [7, 11) is 5.50. The Hall–Kier alpha value is -3.49. The predicted molar refractivity (Wildman–Crippen MR) is 261 cm³/mol. The van der Waals surface area contributed by atoms with Crippen molar-refractivity contribution in [3.05, 3.63) is 85.1 Å². The SMILES string of the molecule is CC/C=C/C/C=C/C/C=C/C/C=C/C/C=C/CCC(=O)OCC(COCCC(C(=O)O)[N+](C)(C)C)OC(=O)CCCCCCCCC/C=C/C/C=C/CCCCCCCCCC. The first-order valence-corrected chi connectivity index (χ1v) is 24.6. The van der Waals surface area contributed by atoms with Crippen LogP contribution in [0.3, 0.4) is 0 Å². The van der Waals surface area contributed by atoms with E-state index in [-0.39, 0.29) is 42.7 Å². The Morgan fingerprint density at radius 3 is 1.40 bits per heavy atom. The highest BCUT2D eigenvalue weighted by Crippen LogP contribution is 2.14. The first kappa shape index (κ1) is 58.5. The zero-order chi connectivity index (χ0) is 45.6. The van der Waals surface area contributed by atoms with E-state index >= 15 is 0 Å². The molecule has 0 radical (unpaired) electrons. The number of esters is 2. The van der Waals surface area contributed by atoms with E-state index in [1.165, 1.54) is 77.0 Å². The number of quaternary nitrogens is 1. The number of unbranched alkanes of at least 4 members (excludes halogenated alkanes) is 15. The van der Waals surface area contributed by atoms with Crippen LogP contribution in [-0.4, -0.2) is 80.6 Å². The second kappa shape index (κ2) is 44.1. The van der Waals surface area contributed by atoms with E-state index < -0.39 is 18.1 Å². The Bertz CT molecular complexity index is 1290. The Labute approximate surface area is 380 Å². The minimum absolute atomic E-state index is 0.0303. The Morgan fingerprint density at radius 1 is 0.500 bits per heavy atom. The molecule has 0 bridgehead atoms. The first-order valence-electron chi connectivity index (χ1n) is 24.6. The van der Waals surface area contributed by atoms with Crippen LogP contribution in [0.5, 0.6) is 0 Å². The minimum atomic E-state index is -0.888. The lowest BCUT2D eigenvalue weighted by Gasteiger charge is -2.31. The molecule has 0 aromatic rings. The van der Waals surface area contributed by atoms with Gasteiger partial charge in [-0.15, -0.1) is 0 Å². The highest BCUT2D eigenvalue weighted by Gasteiger charge is 2.31. The van der Waals surface area contributed by atoms with E-state index in [1.54, 1.807) is 0 Å². The van der Waals surface area contributed by atoms with E-state index in [2.05, 4.69) is 86.8 Å². The van der Waals surface area contributed by atoms with Crippen molar-refractivity contribution < 1.29 is 38.2 Å². The molecule has 0 rings (SSSR count). The molecule has 0 saturated carbocycles. The summed E-state index contributed by atoms with van der Waals surface area (Å²) < 4.78 is 17.2. The van der Waals surface area contributed by atoms with Crippen LogP contribution in [0.25, 0.3) is 0 Å². The standard InChI is InChI=1S/C54H91NO7/c1-6-8-10-12-14-16-18-20-22-24-25-26-27-28-29-31-33-35-37-39-41-43-45-53(57)62-50(48-60-47-46-51(54(58)59)55(3,4)5)49-61-52(56)44-42-40-38-36-34-32-30-23-21-19-17-15-13-11-9-7-2/h9,11,15,17,21,23-25,27-28,32,34,38,40,50-51H,6-8,10,12-14,16,18-20,22,26,29-31,33,35-37,39,41-49H2,1-5H3/p+1/b11-9+,17-15+,23-21+,25-24+,28-27+,34-32+,40-38+. The van der Waals surface area contributed by atoms with Crippen molar-refractivity contribution in [2.75, 3.05) is 41.0 Å². The van der Waals surface area contributed by atoms with Gasteiger partial charge in [0.05, 0.1) is 34.4 Å². The van der Waals surface area contributed by atoms with Gasteiger partial charge >= 0.3 is 17.9 Å². The third-order valence-corrected chi connectivity index (χ3v) is 10.5. The smallest absolute Gasteiger partial charge is 0.362 e. The molecule has 0 saturated heterocycles. The number of carboxylic acids is 1. The van der Waals surface area contributed by atoms with Crippen LogP contribution in [0.2, 0.25) is 0 Å². The predicted octanol–water partition coefficient (Wildman–Crippen LogP) is 14.1. The summed E-state index contributed by atoms with van der Waals surface area (Å²) in [6.07, 6.45) is 57.9. The van der Waals surface area contributed by atoms with Crippen molar-refractivity contribution in [1.29, 1.82) is 0 Å². The molecule has 0 aromatic heterocycles. The minimum Gasteiger partial charge on any atom is -0.477 e. The van der Waals surface area contributed by atoms with Crippen LogP contribution < -0.4 is 0 Å². The molecule has 0 spiro atoms. The average Bonchev–Trinajstić information content (AvgIpc) is 3.23. The normalized spacial score (nSPS) is 13.6. The first-order chi connectivity index (χ1) is 30.1. The number of carboxylic acid groups (broad SMARTS) is 1. The van der Waals surface area contributed by atoms with Crippen LogP contribution in [0.1, 0.15) is 187 Å². The van der Waals surface area contributed by atoms with Crippen molar-refractivity contribution in [3.63, 3.8) is 0 Å². The van der Waals surface area contributed by atoms with Gasteiger partial charge in [-0.1, -0.05) is 176 Å². The van der Waals surface area contributed by atoms with E-state index in [4.69, 9.17) is 14.2 Å². The molecule has 2 atom stereocenters. The number of carbonyl (C=O) groups is 3. The maximum absolute atomic E-state index is 12.8. The largest absolute Gasteiger partial charge is 0.477 e. The van der Waals surface area contributed by atoms with Gasteiger partial charge in [0.15, 0.2) is 12.1 Å². The van der Waals surface area contributed by atoms with Crippen molar-refractivity contribution in [2.45, 2.75) is 199 Å². The van der Waals surface area contributed by atoms with Crippen LogP contribution in [0, 0.1) is 0 Å². The van der Waals surface area contributed by atoms with Gasteiger partial charge in [-0.3, -0.25) is 9.59 Å². The van der Waals surface area contributed by atoms with Gasteiger partial charge < -0.3 is 23.8 Å². The molecule has 0 amide bonds. The maximum atomic E-state index is 12.8. The quantitative estimate of drug-likeness (QED) is 0.0282. The summed E-state index contributed by atoms with van der Waals surface area (Å²) in [5.41, 5.74) is 0. The number of rotatable bonds is 43. The van der Waals surface area contributed by atoms with Gasteiger partial charge in [0.1, 0.15) is 6.61 Å². The molecule has 62 heavy (non-hydrogen) atoms. The van der Waals surface area contributed by atoms with Gasteiger partial charge in [0.2, 0.25) is 0 Å². The van der Waals surface area contributed by atoms with Gasteiger partial charge in [-0.25, -0.2) is 4.79 Å². The molecule has 8 nitrogen and oxygen atoms in total.